The Balaban J connectivity index is 1.32. The Kier molecular flexibility index (Phi) is 5.08. The normalized spacial score (nSPS) is 13.2. The summed E-state index contributed by atoms with van der Waals surface area (Å²) in [6, 6.07) is 7.71. The highest BCUT2D eigenvalue weighted by Gasteiger charge is 2.21. The van der Waals surface area contributed by atoms with Gasteiger partial charge in [-0.15, -0.1) is 23.1 Å². The molecule has 1 aromatic carbocycles. The van der Waals surface area contributed by atoms with Gasteiger partial charge in [-0.2, -0.15) is 0 Å². The number of hydrogen-bond donors (Lipinski definition) is 0. The fourth-order valence-corrected chi connectivity index (χ4v) is 5.33. The Labute approximate surface area is 155 Å². The van der Waals surface area contributed by atoms with Crippen molar-refractivity contribution in [1.29, 1.82) is 0 Å². The molecule has 4 rings (SSSR count). The summed E-state index contributed by atoms with van der Waals surface area (Å²) in [6.45, 7) is 0.704. The smallest absolute Gasteiger partial charge is 0.128 e. The molecule has 0 bridgehead atoms. The van der Waals surface area contributed by atoms with Crippen LogP contribution in [0.3, 0.4) is 0 Å². The van der Waals surface area contributed by atoms with E-state index < -0.39 is 0 Å². The van der Waals surface area contributed by atoms with Crippen molar-refractivity contribution in [3.05, 3.63) is 41.0 Å². The van der Waals surface area contributed by atoms with Gasteiger partial charge in [0.1, 0.15) is 27.7 Å². The first-order chi connectivity index (χ1) is 12.3. The minimum atomic E-state index is 0.704. The summed E-state index contributed by atoms with van der Waals surface area (Å²) in [6.07, 6.45) is 6.33. The monoisotopic (exact) mass is 372 g/mol. The van der Waals surface area contributed by atoms with Crippen molar-refractivity contribution in [3.8, 4) is 11.5 Å². The van der Waals surface area contributed by atoms with Crippen LogP contribution in [0.15, 0.2) is 35.6 Å². The first-order valence-corrected chi connectivity index (χ1v) is 10.3. The van der Waals surface area contributed by atoms with Crippen molar-refractivity contribution in [2.45, 2.75) is 30.7 Å². The number of thiophene rings is 1. The topological polar surface area (TPSA) is 44.2 Å². The molecule has 130 valence electrons. The Hall–Kier alpha value is -1.79. The molecule has 0 spiro atoms. The third-order valence-electron chi connectivity index (χ3n) is 4.32. The largest absolute Gasteiger partial charge is 0.497 e. The maximum absolute atomic E-state index is 5.79. The number of fused-ring (bicyclic) bond motifs is 3. The highest BCUT2D eigenvalue weighted by Crippen LogP contribution is 2.40. The van der Waals surface area contributed by atoms with Gasteiger partial charge in [-0.1, -0.05) is 0 Å². The van der Waals surface area contributed by atoms with Crippen molar-refractivity contribution in [1.82, 2.24) is 9.97 Å². The number of aromatic nitrogens is 2. The van der Waals surface area contributed by atoms with Crippen LogP contribution in [0.1, 0.15) is 23.3 Å². The van der Waals surface area contributed by atoms with Crippen LogP contribution < -0.4 is 9.47 Å². The van der Waals surface area contributed by atoms with Gasteiger partial charge in [0.05, 0.1) is 13.7 Å². The molecule has 0 unspecified atom stereocenters. The molecule has 6 heteroatoms. The van der Waals surface area contributed by atoms with Gasteiger partial charge in [0.2, 0.25) is 0 Å². The Morgan fingerprint density at radius 3 is 2.80 bits per heavy atom. The van der Waals surface area contributed by atoms with Gasteiger partial charge < -0.3 is 9.47 Å². The maximum Gasteiger partial charge on any atom is 0.128 e. The van der Waals surface area contributed by atoms with Crippen molar-refractivity contribution < 1.29 is 9.47 Å². The average Bonchev–Trinajstić information content (AvgIpc) is 3.23. The number of nitrogens with zero attached hydrogens (tertiary/aromatic N) is 2. The van der Waals surface area contributed by atoms with E-state index >= 15 is 0 Å². The molecule has 0 saturated carbocycles. The van der Waals surface area contributed by atoms with Crippen LogP contribution in [-0.4, -0.2) is 29.4 Å². The van der Waals surface area contributed by atoms with Gasteiger partial charge in [-0.3, -0.25) is 0 Å². The molecule has 2 heterocycles. The molecule has 0 saturated heterocycles. The zero-order valence-electron chi connectivity index (χ0n) is 14.2. The molecule has 25 heavy (non-hydrogen) atoms. The molecular formula is C19H20N2O2S2. The first-order valence-electron chi connectivity index (χ1n) is 8.50. The summed E-state index contributed by atoms with van der Waals surface area (Å²) in [5.41, 5.74) is 1.50. The van der Waals surface area contributed by atoms with E-state index in [1.807, 2.05) is 47.4 Å². The summed E-state index contributed by atoms with van der Waals surface area (Å²) in [7, 11) is 1.67. The fraction of sp³-hybridized carbons (Fsp3) is 0.368. The van der Waals surface area contributed by atoms with Crippen LogP contribution in [0.2, 0.25) is 0 Å². The summed E-state index contributed by atoms with van der Waals surface area (Å²) < 4.78 is 10.9. The molecule has 0 aliphatic heterocycles. The molecule has 2 aromatic heterocycles. The van der Waals surface area contributed by atoms with Gasteiger partial charge in [-0.25, -0.2) is 9.97 Å². The van der Waals surface area contributed by atoms with E-state index in [4.69, 9.17) is 9.47 Å². The van der Waals surface area contributed by atoms with Gasteiger partial charge >= 0.3 is 0 Å². The summed E-state index contributed by atoms with van der Waals surface area (Å²) in [5.74, 6) is 2.72. The number of ether oxygens (including phenoxy) is 2. The number of methoxy groups -OCH3 is 1. The standard InChI is InChI=1S/C19H20N2O2S2/c1-22-13-6-8-14(9-7-13)23-10-3-11-24-18-17-15-4-2-5-16(15)25-19(17)21-12-20-18/h6-9,12H,2-5,10-11H2,1H3. The Morgan fingerprint density at radius 1 is 1.12 bits per heavy atom. The Bertz CT molecular complexity index is 862. The predicted octanol–water partition coefficient (Wildman–Crippen LogP) is 4.75. The molecule has 1 aliphatic carbocycles. The number of aryl methyl sites for hydroxylation is 2. The lowest BCUT2D eigenvalue weighted by Gasteiger charge is -2.07. The van der Waals surface area contributed by atoms with Crippen molar-refractivity contribution in [2.75, 3.05) is 19.5 Å². The van der Waals surface area contributed by atoms with Crippen LogP contribution >= 0.6 is 23.1 Å². The molecule has 1 aliphatic rings. The molecule has 4 nitrogen and oxygen atoms in total. The zero-order valence-corrected chi connectivity index (χ0v) is 15.8. The maximum atomic E-state index is 5.79. The van der Waals surface area contributed by atoms with E-state index in [0.29, 0.717) is 6.61 Å². The summed E-state index contributed by atoms with van der Waals surface area (Å²) >= 11 is 3.66. The van der Waals surface area contributed by atoms with Crippen LogP contribution in [-0.2, 0) is 12.8 Å². The predicted molar refractivity (Wildman–Crippen MR) is 103 cm³/mol. The molecular weight excluding hydrogens is 352 g/mol. The second-order valence-electron chi connectivity index (χ2n) is 5.94. The lowest BCUT2D eigenvalue weighted by atomic mass is 10.2. The van der Waals surface area contributed by atoms with Crippen LogP contribution in [0.5, 0.6) is 11.5 Å². The van der Waals surface area contributed by atoms with Crippen molar-refractivity contribution in [2.24, 2.45) is 0 Å². The quantitative estimate of drug-likeness (QED) is 0.340. The van der Waals surface area contributed by atoms with E-state index in [9.17, 15) is 0 Å². The summed E-state index contributed by atoms with van der Waals surface area (Å²) in [5, 5.41) is 2.44. The number of hydrogen-bond acceptors (Lipinski definition) is 6. The van der Waals surface area contributed by atoms with E-state index in [2.05, 4.69) is 9.97 Å². The van der Waals surface area contributed by atoms with Gasteiger partial charge in [0, 0.05) is 16.0 Å². The minimum Gasteiger partial charge on any atom is -0.497 e. The van der Waals surface area contributed by atoms with E-state index in [1.165, 1.54) is 35.1 Å². The average molecular weight is 373 g/mol. The second-order valence-corrected chi connectivity index (χ2v) is 8.11. The van der Waals surface area contributed by atoms with Crippen molar-refractivity contribution in [3.63, 3.8) is 0 Å². The Morgan fingerprint density at radius 2 is 1.96 bits per heavy atom. The van der Waals surface area contributed by atoms with E-state index in [0.717, 1.165) is 33.5 Å². The lowest BCUT2D eigenvalue weighted by molar-refractivity contribution is 0.318. The van der Waals surface area contributed by atoms with Crippen LogP contribution in [0.25, 0.3) is 10.2 Å². The number of benzene rings is 1. The molecule has 0 N–H and O–H groups in total. The van der Waals surface area contributed by atoms with Gasteiger partial charge in [0.15, 0.2) is 0 Å². The molecule has 3 aromatic rings. The SMILES string of the molecule is COc1ccc(OCCCSc2ncnc3sc4c(c23)CCC4)cc1. The highest BCUT2D eigenvalue weighted by molar-refractivity contribution is 7.99. The lowest BCUT2D eigenvalue weighted by Crippen LogP contribution is -1.99. The van der Waals surface area contributed by atoms with Crippen molar-refractivity contribution >= 4 is 33.3 Å². The van der Waals surface area contributed by atoms with E-state index in [-0.39, 0.29) is 0 Å². The van der Waals surface area contributed by atoms with E-state index in [1.54, 1.807) is 13.4 Å². The minimum absolute atomic E-state index is 0.704. The number of thioether (sulfide) groups is 1. The second kappa shape index (κ2) is 7.62. The molecule has 0 amide bonds. The third kappa shape index (κ3) is 3.60. The molecule has 0 fully saturated rings. The van der Waals surface area contributed by atoms with Gasteiger partial charge in [0.25, 0.3) is 0 Å². The molecule has 0 atom stereocenters. The fourth-order valence-electron chi connectivity index (χ4n) is 3.10. The highest BCUT2D eigenvalue weighted by atomic mass is 32.2. The zero-order chi connectivity index (χ0) is 17.1. The van der Waals surface area contributed by atoms with Gasteiger partial charge in [-0.05, 0) is 55.5 Å². The van der Waals surface area contributed by atoms with Crippen LogP contribution in [0.4, 0.5) is 0 Å². The molecule has 0 radical (unpaired) electrons. The number of rotatable bonds is 7. The third-order valence-corrected chi connectivity index (χ3v) is 6.60. The first kappa shape index (κ1) is 16.7. The summed E-state index contributed by atoms with van der Waals surface area (Å²) in [4.78, 5) is 11.7. The van der Waals surface area contributed by atoms with Crippen LogP contribution in [0, 0.1) is 0 Å².